The highest BCUT2D eigenvalue weighted by molar-refractivity contribution is 5.26. The Labute approximate surface area is 125 Å². The number of nitrogens with one attached hydrogen (secondary N) is 1. The number of aliphatic hydroxyl groups excluding tert-OH is 1. The van der Waals surface area contributed by atoms with Gasteiger partial charge in [-0.25, -0.2) is 0 Å². The summed E-state index contributed by atoms with van der Waals surface area (Å²) in [6.07, 6.45) is 2.11. The second-order valence-corrected chi connectivity index (χ2v) is 5.00. The van der Waals surface area contributed by atoms with Crippen LogP contribution in [0.4, 0.5) is 0 Å². The van der Waals surface area contributed by atoms with E-state index in [9.17, 15) is 5.11 Å². The molecule has 4 nitrogen and oxygen atoms in total. The molecule has 0 aliphatic carbocycles. The third kappa shape index (κ3) is 5.34. The molecule has 1 heterocycles. The zero-order chi connectivity index (χ0) is 14.9. The van der Waals surface area contributed by atoms with Crippen LogP contribution in [0.3, 0.4) is 0 Å². The molecule has 0 radical (unpaired) electrons. The van der Waals surface area contributed by atoms with E-state index in [0.29, 0.717) is 19.8 Å². The summed E-state index contributed by atoms with van der Waals surface area (Å²) in [5.41, 5.74) is 2.62. The van der Waals surface area contributed by atoms with Crippen LogP contribution in [0.5, 0.6) is 0 Å². The van der Waals surface area contributed by atoms with Gasteiger partial charge >= 0.3 is 0 Å². The first-order chi connectivity index (χ1) is 10.3. The second kappa shape index (κ2) is 8.62. The lowest BCUT2D eigenvalue weighted by Crippen LogP contribution is -2.30. The maximum atomic E-state index is 9.86. The standard InChI is InChI=1S/C17H23NO3/c1-2-14-6-3-4-7-15(14)10-18-11-16(19)12-20-13-17-8-5-9-21-17/h3-9,16,18-19H,2,10-13H2,1H3. The Balaban J connectivity index is 1.63. The van der Waals surface area contributed by atoms with E-state index in [0.717, 1.165) is 18.7 Å². The summed E-state index contributed by atoms with van der Waals surface area (Å²) in [4.78, 5) is 0. The van der Waals surface area contributed by atoms with Crippen LogP contribution in [0.15, 0.2) is 47.1 Å². The highest BCUT2D eigenvalue weighted by atomic mass is 16.5. The smallest absolute Gasteiger partial charge is 0.129 e. The number of hydrogen-bond acceptors (Lipinski definition) is 4. The Hall–Kier alpha value is -1.62. The number of rotatable bonds is 9. The predicted molar refractivity (Wildman–Crippen MR) is 81.9 cm³/mol. The summed E-state index contributed by atoms with van der Waals surface area (Å²) < 4.78 is 10.6. The van der Waals surface area contributed by atoms with Crippen molar-refractivity contribution in [3.8, 4) is 0 Å². The van der Waals surface area contributed by atoms with E-state index in [-0.39, 0.29) is 0 Å². The highest BCUT2D eigenvalue weighted by Gasteiger charge is 2.06. The van der Waals surface area contributed by atoms with E-state index < -0.39 is 6.10 Å². The minimum Gasteiger partial charge on any atom is -0.467 e. The van der Waals surface area contributed by atoms with Crippen molar-refractivity contribution in [3.05, 3.63) is 59.5 Å². The van der Waals surface area contributed by atoms with Crippen molar-refractivity contribution in [2.75, 3.05) is 13.2 Å². The van der Waals surface area contributed by atoms with Gasteiger partial charge in [0.1, 0.15) is 12.4 Å². The van der Waals surface area contributed by atoms with Gasteiger partial charge in [0.05, 0.1) is 19.0 Å². The van der Waals surface area contributed by atoms with Crippen molar-refractivity contribution >= 4 is 0 Å². The van der Waals surface area contributed by atoms with Gasteiger partial charge < -0.3 is 19.6 Å². The molecule has 2 N–H and O–H groups in total. The molecule has 0 spiro atoms. The van der Waals surface area contributed by atoms with Crippen LogP contribution in [-0.2, 0) is 24.3 Å². The Kier molecular flexibility index (Phi) is 6.47. The van der Waals surface area contributed by atoms with Gasteiger partial charge in [0, 0.05) is 13.1 Å². The zero-order valence-electron chi connectivity index (χ0n) is 12.4. The van der Waals surface area contributed by atoms with Crippen LogP contribution in [0.2, 0.25) is 0 Å². The van der Waals surface area contributed by atoms with Crippen molar-refractivity contribution in [2.45, 2.75) is 32.6 Å². The minimum atomic E-state index is -0.520. The second-order valence-electron chi connectivity index (χ2n) is 5.00. The van der Waals surface area contributed by atoms with Gasteiger partial charge in [-0.15, -0.1) is 0 Å². The molecule has 1 unspecified atom stereocenters. The topological polar surface area (TPSA) is 54.6 Å². The van der Waals surface area contributed by atoms with Crippen molar-refractivity contribution in [1.82, 2.24) is 5.32 Å². The molecule has 114 valence electrons. The lowest BCUT2D eigenvalue weighted by Gasteiger charge is -2.13. The van der Waals surface area contributed by atoms with Gasteiger partial charge in [0.25, 0.3) is 0 Å². The van der Waals surface area contributed by atoms with Gasteiger partial charge in [0.2, 0.25) is 0 Å². The maximum absolute atomic E-state index is 9.86. The van der Waals surface area contributed by atoms with Crippen LogP contribution in [0.25, 0.3) is 0 Å². The van der Waals surface area contributed by atoms with E-state index in [1.54, 1.807) is 6.26 Å². The predicted octanol–water partition coefficient (Wildman–Crippen LogP) is 2.51. The van der Waals surface area contributed by atoms with Crippen molar-refractivity contribution in [2.24, 2.45) is 0 Å². The lowest BCUT2D eigenvalue weighted by atomic mass is 10.1. The summed E-state index contributed by atoms with van der Waals surface area (Å²) >= 11 is 0. The Bertz CT molecular complexity index is 511. The van der Waals surface area contributed by atoms with Gasteiger partial charge in [-0.2, -0.15) is 0 Å². The summed E-state index contributed by atoms with van der Waals surface area (Å²) in [5, 5.41) is 13.1. The first kappa shape index (κ1) is 15.8. The van der Waals surface area contributed by atoms with Crippen LogP contribution in [-0.4, -0.2) is 24.4 Å². The zero-order valence-corrected chi connectivity index (χ0v) is 12.4. The fraction of sp³-hybridized carbons (Fsp3) is 0.412. The van der Waals surface area contributed by atoms with Crippen molar-refractivity contribution in [1.29, 1.82) is 0 Å². The third-order valence-electron chi connectivity index (χ3n) is 3.33. The summed E-state index contributed by atoms with van der Waals surface area (Å²) in [7, 11) is 0. The molecular weight excluding hydrogens is 266 g/mol. The van der Waals surface area contributed by atoms with Crippen LogP contribution in [0, 0.1) is 0 Å². The Morgan fingerprint density at radius 1 is 1.19 bits per heavy atom. The van der Waals surface area contributed by atoms with E-state index in [4.69, 9.17) is 9.15 Å². The van der Waals surface area contributed by atoms with E-state index in [1.165, 1.54) is 11.1 Å². The number of aryl methyl sites for hydroxylation is 1. The molecule has 21 heavy (non-hydrogen) atoms. The average molecular weight is 289 g/mol. The quantitative estimate of drug-likeness (QED) is 0.745. The van der Waals surface area contributed by atoms with Gasteiger partial charge in [-0.1, -0.05) is 31.2 Å². The molecule has 0 amide bonds. The van der Waals surface area contributed by atoms with Crippen molar-refractivity contribution in [3.63, 3.8) is 0 Å². The maximum Gasteiger partial charge on any atom is 0.129 e. The molecule has 2 aromatic rings. The SMILES string of the molecule is CCc1ccccc1CNCC(O)COCc1ccco1. The van der Waals surface area contributed by atoms with E-state index >= 15 is 0 Å². The molecule has 0 saturated carbocycles. The fourth-order valence-electron chi connectivity index (χ4n) is 2.20. The number of furan rings is 1. The lowest BCUT2D eigenvalue weighted by molar-refractivity contribution is 0.0225. The fourth-order valence-corrected chi connectivity index (χ4v) is 2.20. The molecule has 0 aliphatic rings. The van der Waals surface area contributed by atoms with Crippen molar-refractivity contribution < 1.29 is 14.3 Å². The number of benzene rings is 1. The average Bonchev–Trinajstić information content (AvgIpc) is 3.01. The molecule has 0 aliphatic heterocycles. The van der Waals surface area contributed by atoms with E-state index in [1.807, 2.05) is 18.2 Å². The molecule has 0 saturated heterocycles. The number of hydrogen-bond donors (Lipinski definition) is 2. The summed E-state index contributed by atoms with van der Waals surface area (Å²) in [6.45, 7) is 4.11. The summed E-state index contributed by atoms with van der Waals surface area (Å²) in [5.74, 6) is 0.770. The molecule has 0 bridgehead atoms. The normalized spacial score (nSPS) is 12.5. The van der Waals surface area contributed by atoms with Crippen LogP contribution >= 0.6 is 0 Å². The minimum absolute atomic E-state index is 0.295. The Morgan fingerprint density at radius 2 is 2.00 bits per heavy atom. The van der Waals surface area contributed by atoms with Gasteiger partial charge in [0.15, 0.2) is 0 Å². The van der Waals surface area contributed by atoms with Gasteiger partial charge in [-0.05, 0) is 29.7 Å². The molecule has 4 heteroatoms. The number of aliphatic hydroxyl groups is 1. The number of ether oxygens (including phenoxy) is 1. The summed E-state index contributed by atoms with van der Waals surface area (Å²) in [6, 6.07) is 12.0. The molecule has 0 fully saturated rings. The van der Waals surface area contributed by atoms with Crippen LogP contribution < -0.4 is 5.32 Å². The molecule has 2 rings (SSSR count). The molecular formula is C17H23NO3. The molecule has 1 aromatic heterocycles. The molecule has 1 aromatic carbocycles. The first-order valence-electron chi connectivity index (χ1n) is 7.35. The van der Waals surface area contributed by atoms with Gasteiger partial charge in [-0.3, -0.25) is 0 Å². The highest BCUT2D eigenvalue weighted by Crippen LogP contribution is 2.09. The molecule has 1 atom stereocenters. The van der Waals surface area contributed by atoms with Crippen LogP contribution in [0.1, 0.15) is 23.8 Å². The largest absolute Gasteiger partial charge is 0.467 e. The third-order valence-corrected chi connectivity index (χ3v) is 3.33. The monoisotopic (exact) mass is 289 g/mol. The van der Waals surface area contributed by atoms with E-state index in [2.05, 4.69) is 30.4 Å². The first-order valence-corrected chi connectivity index (χ1v) is 7.35. The Morgan fingerprint density at radius 3 is 2.71 bits per heavy atom.